The lowest BCUT2D eigenvalue weighted by Crippen LogP contribution is -2.37. The van der Waals surface area contributed by atoms with Crippen LogP contribution in [0.2, 0.25) is 0 Å². The number of rotatable bonds is 11. The number of hydrogen-bond acceptors (Lipinski definition) is 4. The van der Waals surface area contributed by atoms with Crippen LogP contribution in [-0.4, -0.2) is 42.6 Å². The summed E-state index contributed by atoms with van der Waals surface area (Å²) in [5, 5.41) is 11.2. The van der Waals surface area contributed by atoms with Gasteiger partial charge in [-0.15, -0.1) is 24.0 Å². The van der Waals surface area contributed by atoms with Crippen molar-refractivity contribution in [2.75, 3.05) is 26.9 Å². The first-order valence-corrected chi connectivity index (χ1v) is 10.6. The molecule has 1 heterocycles. The number of ether oxygens (including phenoxy) is 2. The molecule has 2 aromatic carbocycles. The lowest BCUT2D eigenvalue weighted by molar-refractivity contribution is 0.145. The molecule has 0 aliphatic carbocycles. The molecule has 0 unspecified atom stereocenters. The van der Waals surface area contributed by atoms with E-state index < -0.39 is 0 Å². The van der Waals surface area contributed by atoms with Gasteiger partial charge in [-0.3, -0.25) is 0 Å². The van der Waals surface area contributed by atoms with E-state index >= 15 is 0 Å². The molecule has 172 valence electrons. The minimum Gasteiger partial charge on any atom is -0.497 e. The number of aromatic nitrogens is 2. The van der Waals surface area contributed by atoms with E-state index in [1.807, 2.05) is 78.6 Å². The van der Waals surface area contributed by atoms with Gasteiger partial charge in [-0.25, -0.2) is 9.67 Å². The van der Waals surface area contributed by atoms with Gasteiger partial charge < -0.3 is 20.1 Å². The first-order valence-electron chi connectivity index (χ1n) is 10.6. The van der Waals surface area contributed by atoms with E-state index in [0.717, 1.165) is 54.7 Å². The van der Waals surface area contributed by atoms with Gasteiger partial charge >= 0.3 is 0 Å². The molecule has 7 nitrogen and oxygen atoms in total. The van der Waals surface area contributed by atoms with E-state index in [1.165, 1.54) is 0 Å². The number of benzene rings is 2. The van der Waals surface area contributed by atoms with Crippen LogP contribution in [0.25, 0.3) is 5.69 Å². The smallest absolute Gasteiger partial charge is 0.191 e. The van der Waals surface area contributed by atoms with Crippen molar-refractivity contribution in [3.8, 4) is 11.4 Å². The average molecular weight is 549 g/mol. The van der Waals surface area contributed by atoms with Crippen LogP contribution in [0.3, 0.4) is 0 Å². The predicted molar refractivity (Wildman–Crippen MR) is 139 cm³/mol. The highest BCUT2D eigenvalue weighted by Gasteiger charge is 2.03. The maximum absolute atomic E-state index is 5.42. The SMILES string of the molecule is CCOCCCNC(=NCc1cnn(-c2ccccc2)c1)NCc1ccc(OC)cc1.I. The fraction of sp³-hybridized carbons (Fsp3) is 0.333. The zero-order valence-electron chi connectivity index (χ0n) is 18.7. The van der Waals surface area contributed by atoms with Crippen LogP contribution < -0.4 is 15.4 Å². The normalized spacial score (nSPS) is 11.0. The fourth-order valence-electron chi connectivity index (χ4n) is 2.96. The highest BCUT2D eigenvalue weighted by atomic mass is 127. The summed E-state index contributed by atoms with van der Waals surface area (Å²) in [6.45, 7) is 5.48. The van der Waals surface area contributed by atoms with E-state index in [-0.39, 0.29) is 24.0 Å². The topological polar surface area (TPSA) is 72.7 Å². The Morgan fingerprint density at radius 1 is 1.03 bits per heavy atom. The molecule has 0 saturated carbocycles. The van der Waals surface area contributed by atoms with Gasteiger partial charge in [-0.05, 0) is 43.2 Å². The molecule has 2 N–H and O–H groups in total. The largest absolute Gasteiger partial charge is 0.497 e. The Morgan fingerprint density at radius 2 is 1.81 bits per heavy atom. The van der Waals surface area contributed by atoms with E-state index in [0.29, 0.717) is 13.1 Å². The van der Waals surface area contributed by atoms with Crippen LogP contribution in [0.4, 0.5) is 0 Å². The molecule has 32 heavy (non-hydrogen) atoms. The van der Waals surface area contributed by atoms with Crippen molar-refractivity contribution in [3.05, 3.63) is 78.1 Å². The van der Waals surface area contributed by atoms with Crippen LogP contribution in [0.1, 0.15) is 24.5 Å². The number of para-hydroxylation sites is 1. The number of nitrogens with zero attached hydrogens (tertiary/aromatic N) is 3. The van der Waals surface area contributed by atoms with Crippen LogP contribution in [0.5, 0.6) is 5.75 Å². The maximum atomic E-state index is 5.42. The van der Waals surface area contributed by atoms with Gasteiger partial charge in [0.2, 0.25) is 0 Å². The van der Waals surface area contributed by atoms with Gasteiger partial charge in [0.15, 0.2) is 5.96 Å². The number of hydrogen-bond donors (Lipinski definition) is 2. The summed E-state index contributed by atoms with van der Waals surface area (Å²) in [5.74, 6) is 1.61. The zero-order valence-corrected chi connectivity index (χ0v) is 21.0. The van der Waals surface area contributed by atoms with Gasteiger partial charge in [-0.1, -0.05) is 30.3 Å². The zero-order chi connectivity index (χ0) is 21.7. The van der Waals surface area contributed by atoms with Crippen molar-refractivity contribution >= 4 is 29.9 Å². The second-order valence-corrected chi connectivity index (χ2v) is 6.97. The molecule has 1 aromatic heterocycles. The summed E-state index contributed by atoms with van der Waals surface area (Å²) in [5.41, 5.74) is 3.23. The Bertz CT molecular complexity index is 929. The molecule has 0 radical (unpaired) electrons. The summed E-state index contributed by atoms with van der Waals surface area (Å²) in [4.78, 5) is 4.74. The lowest BCUT2D eigenvalue weighted by atomic mass is 10.2. The Morgan fingerprint density at radius 3 is 2.53 bits per heavy atom. The van der Waals surface area contributed by atoms with E-state index in [1.54, 1.807) is 7.11 Å². The molecule has 0 aliphatic heterocycles. The molecular formula is C24H32IN5O2. The number of guanidine groups is 1. The van der Waals surface area contributed by atoms with Gasteiger partial charge in [0.1, 0.15) is 5.75 Å². The Balaban J connectivity index is 0.00000363. The van der Waals surface area contributed by atoms with Gasteiger partial charge in [0.25, 0.3) is 0 Å². The number of nitrogens with one attached hydrogen (secondary N) is 2. The molecule has 0 saturated heterocycles. The van der Waals surface area contributed by atoms with Crippen molar-refractivity contribution in [1.82, 2.24) is 20.4 Å². The molecular weight excluding hydrogens is 517 g/mol. The summed E-state index contributed by atoms with van der Waals surface area (Å²) in [6, 6.07) is 18.1. The fourth-order valence-corrected chi connectivity index (χ4v) is 2.96. The van der Waals surface area contributed by atoms with E-state index in [2.05, 4.69) is 15.7 Å². The van der Waals surface area contributed by atoms with Gasteiger partial charge in [-0.2, -0.15) is 5.10 Å². The third-order valence-corrected chi connectivity index (χ3v) is 4.66. The molecule has 0 spiro atoms. The summed E-state index contributed by atoms with van der Waals surface area (Å²) >= 11 is 0. The summed E-state index contributed by atoms with van der Waals surface area (Å²) in [6.07, 6.45) is 4.78. The third kappa shape index (κ3) is 8.51. The molecule has 3 rings (SSSR count). The Kier molecular flexibility index (Phi) is 11.6. The predicted octanol–water partition coefficient (Wildman–Crippen LogP) is 4.16. The quantitative estimate of drug-likeness (QED) is 0.163. The number of methoxy groups -OCH3 is 1. The first-order chi connectivity index (χ1) is 15.3. The molecule has 0 amide bonds. The Labute approximate surface area is 207 Å². The monoisotopic (exact) mass is 549 g/mol. The molecule has 0 fully saturated rings. The molecule has 0 atom stereocenters. The Hall–Kier alpha value is -2.59. The van der Waals surface area contributed by atoms with Crippen molar-refractivity contribution < 1.29 is 9.47 Å². The van der Waals surface area contributed by atoms with Crippen molar-refractivity contribution in [3.63, 3.8) is 0 Å². The average Bonchev–Trinajstić information content (AvgIpc) is 3.30. The number of halogens is 1. The van der Waals surface area contributed by atoms with Crippen LogP contribution in [0.15, 0.2) is 72.0 Å². The van der Waals surface area contributed by atoms with E-state index in [4.69, 9.17) is 14.5 Å². The van der Waals surface area contributed by atoms with Crippen molar-refractivity contribution in [1.29, 1.82) is 0 Å². The van der Waals surface area contributed by atoms with Gasteiger partial charge in [0.05, 0.1) is 25.5 Å². The van der Waals surface area contributed by atoms with Crippen LogP contribution >= 0.6 is 24.0 Å². The van der Waals surface area contributed by atoms with Crippen molar-refractivity contribution in [2.24, 2.45) is 4.99 Å². The molecule has 0 bridgehead atoms. The number of aliphatic imine (C=N–C) groups is 1. The highest BCUT2D eigenvalue weighted by molar-refractivity contribution is 14.0. The third-order valence-electron chi connectivity index (χ3n) is 4.66. The molecule has 0 aliphatic rings. The minimum atomic E-state index is 0. The summed E-state index contributed by atoms with van der Waals surface area (Å²) in [7, 11) is 1.67. The maximum Gasteiger partial charge on any atom is 0.191 e. The lowest BCUT2D eigenvalue weighted by Gasteiger charge is -2.13. The van der Waals surface area contributed by atoms with E-state index in [9.17, 15) is 0 Å². The second kappa shape index (κ2) is 14.5. The van der Waals surface area contributed by atoms with Crippen molar-refractivity contribution in [2.45, 2.75) is 26.4 Å². The minimum absolute atomic E-state index is 0. The first kappa shape index (κ1) is 25.7. The molecule has 3 aromatic rings. The van der Waals surface area contributed by atoms with Gasteiger partial charge in [0, 0.05) is 38.1 Å². The van der Waals surface area contributed by atoms with Crippen LogP contribution in [0, 0.1) is 0 Å². The summed E-state index contributed by atoms with van der Waals surface area (Å²) < 4.78 is 12.5. The highest BCUT2D eigenvalue weighted by Crippen LogP contribution is 2.11. The molecule has 8 heteroatoms. The standard InChI is InChI=1S/C24H31N5O2.HI/c1-3-31-15-7-14-25-24(26-16-20-10-12-23(30-2)13-11-20)27-17-21-18-28-29(19-21)22-8-5-4-6-9-22;/h4-6,8-13,18-19H,3,7,14-17H2,1-2H3,(H2,25,26,27);1H. The second-order valence-electron chi connectivity index (χ2n) is 6.97. The van der Waals surface area contributed by atoms with Crippen LogP contribution in [-0.2, 0) is 17.8 Å².